The lowest BCUT2D eigenvalue weighted by Crippen LogP contribution is -2.46. The molecule has 0 spiro atoms. The zero-order valence-electron chi connectivity index (χ0n) is 15.9. The molecule has 1 aromatic carbocycles. The molecule has 0 saturated carbocycles. The summed E-state index contributed by atoms with van der Waals surface area (Å²) in [5.74, 6) is 0.158. The van der Waals surface area contributed by atoms with E-state index in [0.717, 1.165) is 12.1 Å². The first-order valence-electron chi connectivity index (χ1n) is 8.54. The molecule has 24 heavy (non-hydrogen) atoms. The molecule has 0 radical (unpaired) electrons. The van der Waals surface area contributed by atoms with Crippen molar-refractivity contribution in [3.63, 3.8) is 0 Å². The van der Waals surface area contributed by atoms with Gasteiger partial charge in [-0.05, 0) is 31.1 Å². The van der Waals surface area contributed by atoms with Crippen LogP contribution in [-0.4, -0.2) is 42.8 Å². The number of urea groups is 1. The second-order valence-corrected chi connectivity index (χ2v) is 7.77. The molecule has 0 bridgehead atoms. The van der Waals surface area contributed by atoms with Gasteiger partial charge in [0.25, 0.3) is 0 Å². The fourth-order valence-corrected chi connectivity index (χ4v) is 2.69. The SMILES string of the molecule is CC(C)C(O)C(C)(C)CNC(=O)NCc1ccc(CN(C)C)cc1. The second kappa shape index (κ2) is 9.04. The molecule has 136 valence electrons. The quantitative estimate of drug-likeness (QED) is 0.684. The Kier molecular flexibility index (Phi) is 7.70. The van der Waals surface area contributed by atoms with Crippen LogP contribution in [0.1, 0.15) is 38.8 Å². The molecule has 0 aromatic heterocycles. The maximum atomic E-state index is 12.0. The summed E-state index contributed by atoms with van der Waals surface area (Å²) in [6.07, 6.45) is -0.456. The highest BCUT2D eigenvalue weighted by Crippen LogP contribution is 2.24. The van der Waals surface area contributed by atoms with Crippen LogP contribution >= 0.6 is 0 Å². The molecular formula is C19H33N3O2. The number of hydrogen-bond donors (Lipinski definition) is 3. The number of nitrogens with zero attached hydrogens (tertiary/aromatic N) is 1. The summed E-state index contributed by atoms with van der Waals surface area (Å²) in [6, 6.07) is 8.02. The zero-order valence-corrected chi connectivity index (χ0v) is 15.9. The van der Waals surface area contributed by atoms with E-state index < -0.39 is 6.10 Å². The molecular weight excluding hydrogens is 302 g/mol. The van der Waals surface area contributed by atoms with Crippen molar-refractivity contribution in [3.05, 3.63) is 35.4 Å². The molecule has 1 unspecified atom stereocenters. The molecule has 0 aliphatic heterocycles. The van der Waals surface area contributed by atoms with Gasteiger partial charge >= 0.3 is 6.03 Å². The van der Waals surface area contributed by atoms with E-state index >= 15 is 0 Å². The highest BCUT2D eigenvalue weighted by atomic mass is 16.3. The lowest BCUT2D eigenvalue weighted by molar-refractivity contribution is 0.0151. The van der Waals surface area contributed by atoms with Crippen molar-refractivity contribution < 1.29 is 9.90 Å². The highest BCUT2D eigenvalue weighted by Gasteiger charge is 2.30. The van der Waals surface area contributed by atoms with Gasteiger partial charge in [-0.3, -0.25) is 0 Å². The number of benzene rings is 1. The van der Waals surface area contributed by atoms with Gasteiger partial charge in [-0.1, -0.05) is 52.0 Å². The molecule has 3 N–H and O–H groups in total. The number of rotatable bonds is 8. The predicted octanol–water partition coefficient (Wildman–Crippen LogP) is 2.59. The first-order chi connectivity index (χ1) is 11.1. The van der Waals surface area contributed by atoms with Crippen molar-refractivity contribution >= 4 is 6.03 Å². The molecule has 0 aliphatic carbocycles. The summed E-state index contributed by atoms with van der Waals surface area (Å²) < 4.78 is 0. The topological polar surface area (TPSA) is 64.6 Å². The minimum Gasteiger partial charge on any atom is -0.392 e. The standard InChI is InChI=1S/C19H33N3O2/c1-14(2)17(23)19(3,4)13-21-18(24)20-11-15-7-9-16(10-8-15)12-22(5)6/h7-10,14,17,23H,11-13H2,1-6H3,(H2,20,21,24). The zero-order chi connectivity index (χ0) is 18.3. The molecule has 2 amide bonds. The Hall–Kier alpha value is -1.59. The van der Waals surface area contributed by atoms with Gasteiger partial charge in [-0.15, -0.1) is 0 Å². The number of carbonyl (C=O) groups excluding carboxylic acids is 1. The summed E-state index contributed by atoms with van der Waals surface area (Å²) >= 11 is 0. The number of aliphatic hydroxyl groups excluding tert-OH is 1. The maximum Gasteiger partial charge on any atom is 0.315 e. The van der Waals surface area contributed by atoms with Gasteiger partial charge in [0.15, 0.2) is 0 Å². The van der Waals surface area contributed by atoms with Gasteiger partial charge in [0.05, 0.1) is 6.10 Å². The number of hydrogen-bond acceptors (Lipinski definition) is 3. The monoisotopic (exact) mass is 335 g/mol. The molecule has 1 atom stereocenters. The van der Waals surface area contributed by atoms with Gasteiger partial charge < -0.3 is 20.6 Å². The lowest BCUT2D eigenvalue weighted by Gasteiger charge is -2.33. The van der Waals surface area contributed by atoms with E-state index in [9.17, 15) is 9.90 Å². The molecule has 1 rings (SSSR count). The second-order valence-electron chi connectivity index (χ2n) is 7.77. The van der Waals surface area contributed by atoms with Gasteiger partial charge in [0.1, 0.15) is 0 Å². The molecule has 1 aromatic rings. The fourth-order valence-electron chi connectivity index (χ4n) is 2.69. The summed E-state index contributed by atoms with van der Waals surface area (Å²) in [5.41, 5.74) is 1.95. The van der Waals surface area contributed by atoms with E-state index in [1.54, 1.807) is 0 Å². The Labute approximate surface area is 146 Å². The van der Waals surface area contributed by atoms with Gasteiger partial charge in [-0.25, -0.2) is 4.79 Å². The Bertz CT molecular complexity index is 510. The van der Waals surface area contributed by atoms with Crippen LogP contribution in [0.3, 0.4) is 0 Å². The van der Waals surface area contributed by atoms with Crippen molar-refractivity contribution in [2.45, 2.75) is 46.9 Å². The van der Waals surface area contributed by atoms with Gasteiger partial charge in [-0.2, -0.15) is 0 Å². The van der Waals surface area contributed by atoms with Crippen LogP contribution in [0.2, 0.25) is 0 Å². The summed E-state index contributed by atoms with van der Waals surface area (Å²) in [7, 11) is 4.08. The third-order valence-corrected chi connectivity index (χ3v) is 4.11. The average Bonchev–Trinajstić information content (AvgIpc) is 2.51. The lowest BCUT2D eigenvalue weighted by atomic mass is 9.81. The van der Waals surface area contributed by atoms with Gasteiger partial charge in [0.2, 0.25) is 0 Å². The number of nitrogens with one attached hydrogen (secondary N) is 2. The largest absolute Gasteiger partial charge is 0.392 e. The molecule has 0 heterocycles. The van der Waals surface area contributed by atoms with E-state index in [1.165, 1.54) is 5.56 Å². The van der Waals surface area contributed by atoms with Gasteiger partial charge in [0, 0.05) is 25.0 Å². The Morgan fingerprint density at radius 2 is 1.67 bits per heavy atom. The predicted molar refractivity (Wildman–Crippen MR) is 98.7 cm³/mol. The Morgan fingerprint density at radius 3 is 2.17 bits per heavy atom. The fraction of sp³-hybridized carbons (Fsp3) is 0.632. The van der Waals surface area contributed by atoms with Crippen molar-refractivity contribution in [2.75, 3.05) is 20.6 Å². The minimum atomic E-state index is -0.456. The van der Waals surface area contributed by atoms with Crippen molar-refractivity contribution in [1.29, 1.82) is 0 Å². The number of amides is 2. The first kappa shape index (κ1) is 20.5. The van der Waals surface area contributed by atoms with Crippen LogP contribution in [0.25, 0.3) is 0 Å². The minimum absolute atomic E-state index is 0.158. The number of aliphatic hydroxyl groups is 1. The van der Waals surface area contributed by atoms with Crippen molar-refractivity contribution in [1.82, 2.24) is 15.5 Å². The summed E-state index contributed by atoms with van der Waals surface area (Å²) in [5, 5.41) is 15.9. The summed E-state index contributed by atoms with van der Waals surface area (Å²) in [4.78, 5) is 14.1. The van der Waals surface area contributed by atoms with Crippen LogP contribution < -0.4 is 10.6 Å². The Balaban J connectivity index is 2.41. The van der Waals surface area contributed by atoms with Crippen molar-refractivity contribution in [3.8, 4) is 0 Å². The van der Waals surface area contributed by atoms with Crippen LogP contribution in [0.4, 0.5) is 4.79 Å². The van der Waals surface area contributed by atoms with E-state index in [0.29, 0.717) is 13.1 Å². The molecule has 0 fully saturated rings. The van der Waals surface area contributed by atoms with Crippen LogP contribution in [-0.2, 0) is 13.1 Å². The average molecular weight is 335 g/mol. The van der Waals surface area contributed by atoms with E-state index in [4.69, 9.17) is 0 Å². The highest BCUT2D eigenvalue weighted by molar-refractivity contribution is 5.73. The van der Waals surface area contributed by atoms with E-state index in [2.05, 4.69) is 27.7 Å². The number of carbonyl (C=O) groups is 1. The van der Waals surface area contributed by atoms with E-state index in [-0.39, 0.29) is 17.4 Å². The Morgan fingerprint density at radius 1 is 1.12 bits per heavy atom. The maximum absolute atomic E-state index is 12.0. The van der Waals surface area contributed by atoms with Crippen LogP contribution in [0, 0.1) is 11.3 Å². The third-order valence-electron chi connectivity index (χ3n) is 4.11. The van der Waals surface area contributed by atoms with Crippen LogP contribution in [0.5, 0.6) is 0 Å². The third kappa shape index (κ3) is 6.89. The normalized spacial score (nSPS) is 13.2. The summed E-state index contributed by atoms with van der Waals surface area (Å²) in [6.45, 7) is 9.70. The molecule has 5 heteroatoms. The molecule has 0 saturated heterocycles. The smallest absolute Gasteiger partial charge is 0.315 e. The van der Waals surface area contributed by atoms with Crippen molar-refractivity contribution in [2.24, 2.45) is 11.3 Å². The molecule has 5 nitrogen and oxygen atoms in total. The van der Waals surface area contributed by atoms with Crippen LogP contribution in [0.15, 0.2) is 24.3 Å². The van der Waals surface area contributed by atoms with E-state index in [1.807, 2.05) is 53.9 Å². The first-order valence-corrected chi connectivity index (χ1v) is 8.54. The molecule has 0 aliphatic rings.